The van der Waals surface area contributed by atoms with Gasteiger partial charge in [0.15, 0.2) is 16.6 Å². The molecule has 1 atom stereocenters. The Kier molecular flexibility index (Phi) is 4.95. The number of thiazole rings is 1. The van der Waals surface area contributed by atoms with Gasteiger partial charge in [-0.2, -0.15) is 0 Å². The Morgan fingerprint density at radius 3 is 2.76 bits per heavy atom. The van der Waals surface area contributed by atoms with Crippen LogP contribution in [0.3, 0.4) is 0 Å². The van der Waals surface area contributed by atoms with Gasteiger partial charge in [0.2, 0.25) is 0 Å². The second-order valence-electron chi connectivity index (χ2n) is 5.39. The van der Waals surface area contributed by atoms with Crippen molar-refractivity contribution in [3.63, 3.8) is 0 Å². The maximum absolute atomic E-state index is 11.7. The molecule has 0 radical (unpaired) electrons. The van der Waals surface area contributed by atoms with Gasteiger partial charge in [-0.25, -0.2) is 9.78 Å². The van der Waals surface area contributed by atoms with Crippen LogP contribution in [0.5, 0.6) is 0 Å². The number of Topliss-reactive ketones (excluding diaryl/α,β-unsaturated/α-hetero) is 1. The van der Waals surface area contributed by atoms with Gasteiger partial charge in [-0.05, 0) is 26.4 Å². The number of piperidine rings is 1. The van der Waals surface area contributed by atoms with Crippen LogP contribution in [0.4, 0.5) is 5.13 Å². The number of aromatic nitrogens is 1. The third kappa shape index (κ3) is 3.41. The monoisotopic (exact) mass is 311 g/mol. The van der Waals surface area contributed by atoms with E-state index in [9.17, 15) is 9.59 Å². The van der Waals surface area contributed by atoms with Gasteiger partial charge in [-0.15, -0.1) is 0 Å². The fourth-order valence-electron chi connectivity index (χ4n) is 2.54. The van der Waals surface area contributed by atoms with Crippen molar-refractivity contribution in [3.8, 4) is 0 Å². The second-order valence-corrected chi connectivity index (χ2v) is 6.37. The van der Waals surface area contributed by atoms with Crippen LogP contribution in [0.15, 0.2) is 0 Å². The topological polar surface area (TPSA) is 62.7 Å². The SMILES string of the molecule is COC(=O)c1nc(N(C)C2CCCN(C)C2)sc1C(C)=O. The number of hydrogen-bond donors (Lipinski definition) is 0. The number of esters is 1. The van der Waals surface area contributed by atoms with Crippen molar-refractivity contribution in [3.05, 3.63) is 10.6 Å². The second kappa shape index (κ2) is 6.53. The summed E-state index contributed by atoms with van der Waals surface area (Å²) in [4.78, 5) is 32.5. The molecule has 0 spiro atoms. The summed E-state index contributed by atoms with van der Waals surface area (Å²) < 4.78 is 4.71. The summed E-state index contributed by atoms with van der Waals surface area (Å²) in [5.74, 6) is -0.717. The molecule has 1 aliphatic heterocycles. The van der Waals surface area contributed by atoms with Gasteiger partial charge in [0.1, 0.15) is 4.88 Å². The molecular weight excluding hydrogens is 290 g/mol. The van der Waals surface area contributed by atoms with Crippen molar-refractivity contribution in [2.75, 3.05) is 39.2 Å². The Balaban J connectivity index is 2.27. The molecule has 1 aromatic rings. The lowest BCUT2D eigenvalue weighted by atomic mass is 10.1. The Morgan fingerprint density at radius 1 is 1.48 bits per heavy atom. The summed E-state index contributed by atoms with van der Waals surface area (Å²) in [5, 5.41) is 0.695. The Morgan fingerprint density at radius 2 is 2.19 bits per heavy atom. The van der Waals surface area contributed by atoms with Crippen LogP contribution in [-0.4, -0.2) is 62.0 Å². The predicted octanol–water partition coefficient (Wildman–Crippen LogP) is 1.66. The smallest absolute Gasteiger partial charge is 0.358 e. The lowest BCUT2D eigenvalue weighted by Crippen LogP contribution is -2.45. The van der Waals surface area contributed by atoms with Crippen molar-refractivity contribution in [1.82, 2.24) is 9.88 Å². The molecule has 1 unspecified atom stereocenters. The van der Waals surface area contributed by atoms with Crippen LogP contribution >= 0.6 is 11.3 Å². The average Bonchev–Trinajstić information content (AvgIpc) is 2.91. The summed E-state index contributed by atoms with van der Waals surface area (Å²) in [5.41, 5.74) is 0.126. The highest BCUT2D eigenvalue weighted by molar-refractivity contribution is 7.17. The lowest BCUT2D eigenvalue weighted by Gasteiger charge is -2.35. The van der Waals surface area contributed by atoms with Gasteiger partial charge in [0.05, 0.1) is 7.11 Å². The van der Waals surface area contributed by atoms with Crippen molar-refractivity contribution in [2.45, 2.75) is 25.8 Å². The minimum Gasteiger partial charge on any atom is -0.464 e. The van der Waals surface area contributed by atoms with E-state index >= 15 is 0 Å². The number of methoxy groups -OCH3 is 1. The van der Waals surface area contributed by atoms with E-state index in [0.29, 0.717) is 16.1 Å². The molecule has 6 nitrogen and oxygen atoms in total. The van der Waals surface area contributed by atoms with Gasteiger partial charge in [0.25, 0.3) is 0 Å². The number of anilines is 1. The number of carbonyl (C=O) groups is 2. The predicted molar refractivity (Wildman–Crippen MR) is 82.4 cm³/mol. The standard InChI is InChI=1S/C14H21N3O3S/c1-9(18)12-11(13(19)20-4)15-14(21-12)17(3)10-6-5-7-16(2)8-10/h10H,5-8H2,1-4H3. The van der Waals surface area contributed by atoms with E-state index in [4.69, 9.17) is 4.74 Å². The van der Waals surface area contributed by atoms with Crippen molar-refractivity contribution in [1.29, 1.82) is 0 Å². The normalized spacial score (nSPS) is 19.3. The van der Waals surface area contributed by atoms with E-state index < -0.39 is 5.97 Å². The number of rotatable bonds is 4. The maximum atomic E-state index is 11.7. The highest BCUT2D eigenvalue weighted by Gasteiger charge is 2.27. The van der Waals surface area contributed by atoms with Gasteiger partial charge in [0, 0.05) is 26.6 Å². The van der Waals surface area contributed by atoms with Gasteiger partial charge in [-0.3, -0.25) is 4.79 Å². The molecule has 2 rings (SSSR count). The first kappa shape index (κ1) is 15.9. The molecule has 0 bridgehead atoms. The summed E-state index contributed by atoms with van der Waals surface area (Å²) in [6, 6.07) is 0.347. The minimum absolute atomic E-state index is 0.126. The molecular formula is C14H21N3O3S. The lowest BCUT2D eigenvalue weighted by molar-refractivity contribution is 0.0591. The molecule has 0 saturated carbocycles. The summed E-state index contributed by atoms with van der Waals surface area (Å²) in [7, 11) is 5.36. The number of ketones is 1. The van der Waals surface area contributed by atoms with Crippen molar-refractivity contribution < 1.29 is 14.3 Å². The molecule has 0 N–H and O–H groups in total. The van der Waals surface area contributed by atoms with Crippen LogP contribution in [0.2, 0.25) is 0 Å². The van der Waals surface area contributed by atoms with E-state index in [1.807, 2.05) is 7.05 Å². The molecule has 2 heterocycles. The van der Waals surface area contributed by atoms with Gasteiger partial charge < -0.3 is 14.5 Å². The molecule has 1 saturated heterocycles. The van der Waals surface area contributed by atoms with Crippen LogP contribution in [0.1, 0.15) is 39.9 Å². The molecule has 0 aromatic carbocycles. The Bertz CT molecular complexity index is 544. The first-order valence-corrected chi connectivity index (χ1v) is 7.77. The largest absolute Gasteiger partial charge is 0.464 e. The molecule has 116 valence electrons. The van der Waals surface area contributed by atoms with E-state index in [-0.39, 0.29) is 11.5 Å². The summed E-state index contributed by atoms with van der Waals surface area (Å²) >= 11 is 1.26. The zero-order valence-electron chi connectivity index (χ0n) is 12.9. The van der Waals surface area contributed by atoms with Crippen molar-refractivity contribution in [2.24, 2.45) is 0 Å². The van der Waals surface area contributed by atoms with Crippen LogP contribution < -0.4 is 4.90 Å². The zero-order chi connectivity index (χ0) is 15.6. The minimum atomic E-state index is -0.558. The van der Waals surface area contributed by atoms with Crippen molar-refractivity contribution >= 4 is 28.2 Å². The number of likely N-dealkylation sites (tertiary alicyclic amines) is 1. The highest BCUT2D eigenvalue weighted by Crippen LogP contribution is 2.29. The van der Waals surface area contributed by atoms with E-state index in [1.165, 1.54) is 25.4 Å². The fraction of sp³-hybridized carbons (Fsp3) is 0.643. The first-order chi connectivity index (χ1) is 9.93. The molecule has 1 aromatic heterocycles. The van der Waals surface area contributed by atoms with E-state index in [1.54, 1.807) is 0 Å². The molecule has 0 amide bonds. The van der Waals surface area contributed by atoms with Gasteiger partial charge in [-0.1, -0.05) is 11.3 Å². The molecule has 1 aliphatic rings. The van der Waals surface area contributed by atoms with E-state index in [0.717, 1.165) is 25.9 Å². The maximum Gasteiger partial charge on any atom is 0.358 e. The fourth-order valence-corrected chi connectivity index (χ4v) is 3.53. The number of nitrogens with zero attached hydrogens (tertiary/aromatic N) is 3. The summed E-state index contributed by atoms with van der Waals surface area (Å²) in [6.45, 7) is 3.51. The average molecular weight is 311 g/mol. The number of hydrogen-bond acceptors (Lipinski definition) is 7. The Hall–Kier alpha value is -1.47. The third-order valence-electron chi connectivity index (χ3n) is 3.76. The summed E-state index contributed by atoms with van der Waals surface area (Å²) in [6.07, 6.45) is 2.23. The van der Waals surface area contributed by atoms with E-state index in [2.05, 4.69) is 21.8 Å². The molecule has 0 aliphatic carbocycles. The third-order valence-corrected chi connectivity index (χ3v) is 5.01. The number of carbonyl (C=O) groups excluding carboxylic acids is 2. The highest BCUT2D eigenvalue weighted by atomic mass is 32.1. The quantitative estimate of drug-likeness (QED) is 0.622. The van der Waals surface area contributed by atoms with Gasteiger partial charge >= 0.3 is 5.97 Å². The number of likely N-dealkylation sites (N-methyl/N-ethyl adjacent to an activating group) is 2. The number of ether oxygens (including phenoxy) is 1. The van der Waals surface area contributed by atoms with Crippen LogP contribution in [0.25, 0.3) is 0 Å². The van der Waals surface area contributed by atoms with Crippen LogP contribution in [0, 0.1) is 0 Å². The first-order valence-electron chi connectivity index (χ1n) is 6.95. The molecule has 7 heteroatoms. The molecule has 1 fully saturated rings. The Labute approximate surface area is 128 Å². The van der Waals surface area contributed by atoms with Crippen LogP contribution in [-0.2, 0) is 4.74 Å². The zero-order valence-corrected chi connectivity index (χ0v) is 13.7. The molecule has 21 heavy (non-hydrogen) atoms.